The molecule has 0 saturated carbocycles. The van der Waals surface area contributed by atoms with Gasteiger partial charge in [-0.25, -0.2) is 0 Å². The SMILES string of the molecule is CCOC(C)C(=O)NCCc1ccsc1. The molecular formula is C11H17NO2S. The van der Waals surface area contributed by atoms with Crippen molar-refractivity contribution in [1.29, 1.82) is 0 Å². The van der Waals surface area contributed by atoms with E-state index in [1.165, 1.54) is 5.56 Å². The normalized spacial score (nSPS) is 12.4. The van der Waals surface area contributed by atoms with Crippen LogP contribution >= 0.6 is 11.3 Å². The van der Waals surface area contributed by atoms with Gasteiger partial charge in [0.15, 0.2) is 0 Å². The van der Waals surface area contributed by atoms with Crippen molar-refractivity contribution < 1.29 is 9.53 Å². The van der Waals surface area contributed by atoms with Gasteiger partial charge in [0.25, 0.3) is 0 Å². The molecule has 15 heavy (non-hydrogen) atoms. The fraction of sp³-hybridized carbons (Fsp3) is 0.545. The van der Waals surface area contributed by atoms with E-state index in [1.54, 1.807) is 18.3 Å². The van der Waals surface area contributed by atoms with Gasteiger partial charge in [-0.05, 0) is 42.7 Å². The number of amides is 1. The van der Waals surface area contributed by atoms with E-state index in [9.17, 15) is 4.79 Å². The van der Waals surface area contributed by atoms with E-state index in [1.807, 2.05) is 12.3 Å². The first kappa shape index (κ1) is 12.2. The lowest BCUT2D eigenvalue weighted by atomic mass is 10.2. The molecule has 1 aromatic rings. The Morgan fingerprint density at radius 2 is 2.47 bits per heavy atom. The first-order chi connectivity index (χ1) is 7.24. The highest BCUT2D eigenvalue weighted by molar-refractivity contribution is 7.07. The second kappa shape index (κ2) is 6.58. The second-order valence-electron chi connectivity index (χ2n) is 3.27. The van der Waals surface area contributed by atoms with Crippen LogP contribution in [0.1, 0.15) is 19.4 Å². The summed E-state index contributed by atoms with van der Waals surface area (Å²) in [7, 11) is 0. The average Bonchev–Trinajstić information content (AvgIpc) is 2.71. The quantitative estimate of drug-likeness (QED) is 0.805. The zero-order valence-electron chi connectivity index (χ0n) is 9.16. The monoisotopic (exact) mass is 227 g/mol. The van der Waals surface area contributed by atoms with Crippen molar-refractivity contribution in [3.63, 3.8) is 0 Å². The molecule has 0 saturated heterocycles. The van der Waals surface area contributed by atoms with Gasteiger partial charge < -0.3 is 10.1 Å². The Morgan fingerprint density at radius 3 is 3.07 bits per heavy atom. The van der Waals surface area contributed by atoms with Gasteiger partial charge in [-0.2, -0.15) is 11.3 Å². The molecule has 1 N–H and O–H groups in total. The van der Waals surface area contributed by atoms with Crippen LogP contribution in [0, 0.1) is 0 Å². The van der Waals surface area contributed by atoms with E-state index in [2.05, 4.69) is 16.8 Å². The summed E-state index contributed by atoms with van der Waals surface area (Å²) < 4.78 is 5.18. The minimum atomic E-state index is -0.350. The molecule has 0 fully saturated rings. The van der Waals surface area contributed by atoms with Crippen molar-refractivity contribution in [2.75, 3.05) is 13.2 Å². The summed E-state index contributed by atoms with van der Waals surface area (Å²) in [6.07, 6.45) is 0.533. The highest BCUT2D eigenvalue weighted by Crippen LogP contribution is 2.05. The van der Waals surface area contributed by atoms with Crippen LogP contribution in [0.25, 0.3) is 0 Å². The van der Waals surface area contributed by atoms with Crippen LogP contribution in [0.5, 0.6) is 0 Å². The maximum Gasteiger partial charge on any atom is 0.248 e. The van der Waals surface area contributed by atoms with Crippen molar-refractivity contribution in [3.05, 3.63) is 22.4 Å². The smallest absolute Gasteiger partial charge is 0.248 e. The molecule has 4 heteroatoms. The van der Waals surface area contributed by atoms with Gasteiger partial charge in [-0.15, -0.1) is 0 Å². The molecule has 0 bridgehead atoms. The summed E-state index contributed by atoms with van der Waals surface area (Å²) in [5.41, 5.74) is 1.27. The maximum absolute atomic E-state index is 11.4. The molecule has 0 aliphatic carbocycles. The van der Waals surface area contributed by atoms with E-state index in [4.69, 9.17) is 4.74 Å². The summed E-state index contributed by atoms with van der Waals surface area (Å²) in [5, 5.41) is 6.98. The van der Waals surface area contributed by atoms with E-state index in [0.717, 1.165) is 6.42 Å². The summed E-state index contributed by atoms with van der Waals surface area (Å²) >= 11 is 1.68. The first-order valence-corrected chi connectivity index (χ1v) is 6.08. The Hall–Kier alpha value is -0.870. The fourth-order valence-corrected chi connectivity index (χ4v) is 1.94. The van der Waals surface area contributed by atoms with Crippen molar-refractivity contribution in [1.82, 2.24) is 5.32 Å². The Kier molecular flexibility index (Phi) is 5.36. The van der Waals surface area contributed by atoms with Crippen molar-refractivity contribution >= 4 is 17.2 Å². The Balaban J connectivity index is 2.17. The minimum absolute atomic E-state index is 0.0351. The third-order valence-electron chi connectivity index (χ3n) is 2.08. The van der Waals surface area contributed by atoms with Gasteiger partial charge in [0.1, 0.15) is 6.10 Å². The van der Waals surface area contributed by atoms with Crippen LogP contribution in [0.15, 0.2) is 16.8 Å². The zero-order valence-corrected chi connectivity index (χ0v) is 9.97. The van der Waals surface area contributed by atoms with Crippen LogP contribution in [0.2, 0.25) is 0 Å². The van der Waals surface area contributed by atoms with Crippen molar-refractivity contribution in [2.45, 2.75) is 26.4 Å². The zero-order chi connectivity index (χ0) is 11.1. The molecule has 1 unspecified atom stereocenters. The van der Waals surface area contributed by atoms with Gasteiger partial charge >= 0.3 is 0 Å². The number of hydrogen-bond acceptors (Lipinski definition) is 3. The standard InChI is InChI=1S/C11H17NO2S/c1-3-14-9(2)11(13)12-6-4-10-5-7-15-8-10/h5,7-9H,3-4,6H2,1-2H3,(H,12,13). The minimum Gasteiger partial charge on any atom is -0.369 e. The molecule has 1 atom stereocenters. The Morgan fingerprint density at radius 1 is 1.67 bits per heavy atom. The summed E-state index contributed by atoms with van der Waals surface area (Å²) in [6.45, 7) is 4.89. The second-order valence-corrected chi connectivity index (χ2v) is 4.05. The van der Waals surface area contributed by atoms with Gasteiger partial charge in [-0.1, -0.05) is 0 Å². The third kappa shape index (κ3) is 4.44. The number of ether oxygens (including phenoxy) is 1. The van der Waals surface area contributed by atoms with Crippen LogP contribution in [-0.4, -0.2) is 25.2 Å². The van der Waals surface area contributed by atoms with Crippen LogP contribution in [-0.2, 0) is 16.0 Å². The number of hydrogen-bond donors (Lipinski definition) is 1. The molecule has 0 spiro atoms. The molecule has 1 heterocycles. The number of carbonyl (C=O) groups is 1. The maximum atomic E-state index is 11.4. The molecule has 0 aliphatic heterocycles. The van der Waals surface area contributed by atoms with Gasteiger partial charge in [0.05, 0.1) is 0 Å². The number of nitrogens with one attached hydrogen (secondary N) is 1. The van der Waals surface area contributed by atoms with Gasteiger partial charge in [0, 0.05) is 13.2 Å². The predicted octanol–water partition coefficient (Wildman–Crippen LogP) is 1.83. The van der Waals surface area contributed by atoms with E-state index in [-0.39, 0.29) is 12.0 Å². The van der Waals surface area contributed by atoms with Crippen molar-refractivity contribution in [3.8, 4) is 0 Å². The number of rotatable bonds is 6. The van der Waals surface area contributed by atoms with Gasteiger partial charge in [0.2, 0.25) is 5.91 Å². The topological polar surface area (TPSA) is 38.3 Å². The summed E-state index contributed by atoms with van der Waals surface area (Å²) in [6, 6.07) is 2.07. The molecule has 1 aromatic heterocycles. The third-order valence-corrected chi connectivity index (χ3v) is 2.81. The number of carbonyl (C=O) groups excluding carboxylic acids is 1. The first-order valence-electron chi connectivity index (χ1n) is 5.14. The highest BCUT2D eigenvalue weighted by Gasteiger charge is 2.10. The molecule has 1 amide bonds. The summed E-state index contributed by atoms with van der Waals surface area (Å²) in [5.74, 6) is -0.0351. The molecule has 84 valence electrons. The molecule has 0 radical (unpaired) electrons. The average molecular weight is 227 g/mol. The van der Waals surface area contributed by atoms with E-state index < -0.39 is 0 Å². The highest BCUT2D eigenvalue weighted by atomic mass is 32.1. The fourth-order valence-electron chi connectivity index (χ4n) is 1.23. The molecule has 0 aliphatic rings. The van der Waals surface area contributed by atoms with E-state index >= 15 is 0 Å². The molecule has 0 aromatic carbocycles. The van der Waals surface area contributed by atoms with Crippen LogP contribution in [0.3, 0.4) is 0 Å². The molecular weight excluding hydrogens is 210 g/mol. The van der Waals surface area contributed by atoms with Gasteiger partial charge in [-0.3, -0.25) is 4.79 Å². The number of thiophene rings is 1. The van der Waals surface area contributed by atoms with Crippen molar-refractivity contribution in [2.24, 2.45) is 0 Å². The lowest BCUT2D eigenvalue weighted by Gasteiger charge is -2.11. The van der Waals surface area contributed by atoms with Crippen LogP contribution in [0.4, 0.5) is 0 Å². The molecule has 3 nitrogen and oxygen atoms in total. The summed E-state index contributed by atoms with van der Waals surface area (Å²) in [4.78, 5) is 11.4. The van der Waals surface area contributed by atoms with Crippen LogP contribution < -0.4 is 5.32 Å². The lowest BCUT2D eigenvalue weighted by Crippen LogP contribution is -2.35. The lowest BCUT2D eigenvalue weighted by molar-refractivity contribution is -0.131. The largest absolute Gasteiger partial charge is 0.369 e. The molecule has 1 rings (SSSR count). The Labute approximate surface area is 94.5 Å². The van der Waals surface area contributed by atoms with E-state index in [0.29, 0.717) is 13.2 Å². The Bertz CT molecular complexity index is 285. The predicted molar refractivity (Wildman–Crippen MR) is 62.1 cm³/mol.